The molecule has 0 saturated heterocycles. The summed E-state index contributed by atoms with van der Waals surface area (Å²) in [6, 6.07) is 18.4. The Morgan fingerprint density at radius 3 is 2.34 bits per heavy atom. The molecule has 0 bridgehead atoms. The second-order valence-corrected chi connectivity index (χ2v) is 8.24. The minimum Gasteiger partial charge on any atom is -0.497 e. The van der Waals surface area contributed by atoms with Crippen molar-refractivity contribution >= 4 is 23.3 Å². The number of nitrogens with one attached hydrogen (secondary N) is 2. The summed E-state index contributed by atoms with van der Waals surface area (Å²) < 4.78 is 19.1. The lowest BCUT2D eigenvalue weighted by atomic mass is 10.1. The van der Waals surface area contributed by atoms with Gasteiger partial charge in [0.05, 0.1) is 7.11 Å². The van der Waals surface area contributed by atoms with E-state index in [0.717, 1.165) is 11.3 Å². The van der Waals surface area contributed by atoms with Gasteiger partial charge in [0, 0.05) is 50.7 Å². The molecule has 0 saturated carbocycles. The lowest BCUT2D eigenvalue weighted by molar-refractivity contribution is 0.0730. The number of methoxy groups -OCH3 is 1. The van der Waals surface area contributed by atoms with E-state index in [1.807, 2.05) is 44.1 Å². The first-order valence-corrected chi connectivity index (χ1v) is 11.3. The third kappa shape index (κ3) is 6.96. The standard InChI is InChI=1S/C27H31FN4O3/c1-5-29-27(34)30-23-11-14-25(31(2)3)21(16-23)18-32(17-19-7-6-8-22(28)15-19)26(33)20-9-12-24(35-4)13-10-20/h6-16H,5,17-18H2,1-4H3,(H2,29,30,34). The first kappa shape index (κ1) is 25.6. The van der Waals surface area contributed by atoms with Gasteiger partial charge < -0.3 is 25.2 Å². The maximum atomic E-state index is 13.9. The SMILES string of the molecule is CCNC(=O)Nc1ccc(N(C)C)c(CN(Cc2cccc(F)c2)C(=O)c2ccc(OC)cc2)c1. The number of nitrogens with zero attached hydrogens (tertiary/aromatic N) is 2. The molecule has 0 atom stereocenters. The van der Waals surface area contributed by atoms with Gasteiger partial charge in [0.25, 0.3) is 5.91 Å². The van der Waals surface area contributed by atoms with Crippen LogP contribution >= 0.6 is 0 Å². The molecule has 0 spiro atoms. The minimum atomic E-state index is -0.360. The molecule has 3 rings (SSSR count). The summed E-state index contributed by atoms with van der Waals surface area (Å²) in [7, 11) is 5.40. The molecular weight excluding hydrogens is 447 g/mol. The van der Waals surface area contributed by atoms with Gasteiger partial charge in [-0.25, -0.2) is 9.18 Å². The molecule has 0 aliphatic rings. The molecule has 0 fully saturated rings. The van der Waals surface area contributed by atoms with Crippen LogP contribution in [0.25, 0.3) is 0 Å². The number of urea groups is 1. The van der Waals surface area contributed by atoms with Gasteiger partial charge in [0.15, 0.2) is 0 Å². The summed E-state index contributed by atoms with van der Waals surface area (Å²) in [6.45, 7) is 2.81. The van der Waals surface area contributed by atoms with Gasteiger partial charge in [-0.05, 0) is 72.6 Å². The molecule has 3 aromatic carbocycles. The van der Waals surface area contributed by atoms with Gasteiger partial charge in [-0.1, -0.05) is 12.1 Å². The van der Waals surface area contributed by atoms with E-state index in [9.17, 15) is 14.0 Å². The quantitative estimate of drug-likeness (QED) is 0.460. The Hall–Kier alpha value is -4.07. The fourth-order valence-corrected chi connectivity index (χ4v) is 3.74. The number of halogens is 1. The van der Waals surface area contributed by atoms with Crippen LogP contribution in [0.1, 0.15) is 28.4 Å². The number of carbonyl (C=O) groups excluding carboxylic acids is 2. The van der Waals surface area contributed by atoms with Crippen molar-refractivity contribution in [3.8, 4) is 5.75 Å². The summed E-state index contributed by atoms with van der Waals surface area (Å²) in [4.78, 5) is 29.2. The van der Waals surface area contributed by atoms with Crippen molar-refractivity contribution in [3.05, 3.63) is 89.2 Å². The molecule has 3 amide bonds. The van der Waals surface area contributed by atoms with Crippen LogP contribution in [0.15, 0.2) is 66.7 Å². The van der Waals surface area contributed by atoms with Crippen molar-refractivity contribution < 1.29 is 18.7 Å². The second-order valence-electron chi connectivity index (χ2n) is 8.24. The van der Waals surface area contributed by atoms with E-state index in [4.69, 9.17) is 4.74 Å². The predicted octanol–water partition coefficient (Wildman–Crippen LogP) is 4.88. The van der Waals surface area contributed by atoms with Crippen LogP contribution < -0.4 is 20.3 Å². The Labute approximate surface area is 205 Å². The van der Waals surface area contributed by atoms with Crippen LogP contribution in [0.3, 0.4) is 0 Å². The highest BCUT2D eigenvalue weighted by molar-refractivity contribution is 5.94. The van der Waals surface area contributed by atoms with E-state index in [-0.39, 0.29) is 30.8 Å². The Balaban J connectivity index is 1.97. The van der Waals surface area contributed by atoms with Gasteiger partial charge >= 0.3 is 6.03 Å². The van der Waals surface area contributed by atoms with Gasteiger partial charge in [-0.2, -0.15) is 0 Å². The molecule has 3 aromatic rings. The molecule has 8 heteroatoms. The number of rotatable bonds is 9. The highest BCUT2D eigenvalue weighted by atomic mass is 19.1. The van der Waals surface area contributed by atoms with Crippen LogP contribution in [0.5, 0.6) is 5.75 Å². The molecule has 2 N–H and O–H groups in total. The highest BCUT2D eigenvalue weighted by Gasteiger charge is 2.20. The maximum Gasteiger partial charge on any atom is 0.319 e. The van der Waals surface area contributed by atoms with Crippen molar-refractivity contribution in [1.29, 1.82) is 0 Å². The number of hydrogen-bond acceptors (Lipinski definition) is 4. The molecule has 0 heterocycles. The summed E-state index contributed by atoms with van der Waals surface area (Å²) in [5, 5.41) is 5.53. The summed E-state index contributed by atoms with van der Waals surface area (Å²) in [5.74, 6) is 0.0856. The van der Waals surface area contributed by atoms with Gasteiger partial charge in [-0.15, -0.1) is 0 Å². The molecule has 0 aromatic heterocycles. The molecule has 184 valence electrons. The predicted molar refractivity (Wildman–Crippen MR) is 136 cm³/mol. The second kappa shape index (κ2) is 11.9. The zero-order valence-corrected chi connectivity index (χ0v) is 20.5. The monoisotopic (exact) mass is 478 g/mol. The first-order valence-electron chi connectivity index (χ1n) is 11.3. The number of hydrogen-bond donors (Lipinski definition) is 2. The molecular formula is C27H31FN4O3. The van der Waals surface area contributed by atoms with Crippen molar-refractivity contribution in [2.75, 3.05) is 38.0 Å². The Morgan fingerprint density at radius 2 is 1.71 bits per heavy atom. The van der Waals surface area contributed by atoms with Crippen molar-refractivity contribution in [3.63, 3.8) is 0 Å². The largest absolute Gasteiger partial charge is 0.497 e. The molecule has 35 heavy (non-hydrogen) atoms. The van der Waals surface area contributed by atoms with Crippen LogP contribution in [0.4, 0.5) is 20.6 Å². The average molecular weight is 479 g/mol. The van der Waals surface area contributed by atoms with Crippen molar-refractivity contribution in [2.45, 2.75) is 20.0 Å². The zero-order chi connectivity index (χ0) is 25.4. The number of carbonyl (C=O) groups is 2. The molecule has 0 aliphatic carbocycles. The fourth-order valence-electron chi connectivity index (χ4n) is 3.74. The van der Waals surface area contributed by atoms with Gasteiger partial charge in [0.2, 0.25) is 0 Å². The third-order valence-corrected chi connectivity index (χ3v) is 5.40. The zero-order valence-electron chi connectivity index (χ0n) is 20.5. The molecule has 0 aliphatic heterocycles. The smallest absolute Gasteiger partial charge is 0.319 e. The van der Waals surface area contributed by atoms with E-state index >= 15 is 0 Å². The Kier molecular flexibility index (Phi) is 8.67. The first-order chi connectivity index (χ1) is 16.8. The van der Waals surface area contributed by atoms with Crippen LogP contribution in [0, 0.1) is 5.82 Å². The molecule has 0 radical (unpaired) electrons. The molecule has 0 unspecified atom stereocenters. The summed E-state index contributed by atoms with van der Waals surface area (Å²) >= 11 is 0. The van der Waals surface area contributed by atoms with E-state index in [2.05, 4.69) is 10.6 Å². The van der Waals surface area contributed by atoms with E-state index in [1.165, 1.54) is 12.1 Å². The number of benzene rings is 3. The van der Waals surface area contributed by atoms with E-state index < -0.39 is 0 Å². The molecule has 7 nitrogen and oxygen atoms in total. The van der Waals surface area contributed by atoms with E-state index in [1.54, 1.807) is 48.4 Å². The number of amides is 3. The summed E-state index contributed by atoms with van der Waals surface area (Å²) in [5.41, 5.74) is 3.51. The average Bonchev–Trinajstić information content (AvgIpc) is 2.83. The van der Waals surface area contributed by atoms with Gasteiger partial charge in [-0.3, -0.25) is 4.79 Å². The van der Waals surface area contributed by atoms with Crippen LogP contribution in [0.2, 0.25) is 0 Å². The lowest BCUT2D eigenvalue weighted by Crippen LogP contribution is -2.31. The van der Waals surface area contributed by atoms with Crippen molar-refractivity contribution in [2.24, 2.45) is 0 Å². The topological polar surface area (TPSA) is 73.9 Å². The van der Waals surface area contributed by atoms with E-state index in [0.29, 0.717) is 29.1 Å². The Bertz CT molecular complexity index is 1170. The highest BCUT2D eigenvalue weighted by Crippen LogP contribution is 2.26. The normalized spacial score (nSPS) is 10.4. The summed E-state index contributed by atoms with van der Waals surface area (Å²) in [6.07, 6.45) is 0. The van der Waals surface area contributed by atoms with Crippen LogP contribution in [-0.4, -0.2) is 44.6 Å². The van der Waals surface area contributed by atoms with Crippen LogP contribution in [-0.2, 0) is 13.1 Å². The fraction of sp³-hybridized carbons (Fsp3) is 0.259. The minimum absolute atomic E-state index is 0.205. The lowest BCUT2D eigenvalue weighted by Gasteiger charge is -2.27. The maximum absolute atomic E-state index is 13.9. The van der Waals surface area contributed by atoms with Gasteiger partial charge in [0.1, 0.15) is 11.6 Å². The Morgan fingerprint density at radius 1 is 0.971 bits per heavy atom. The number of anilines is 2. The number of ether oxygens (including phenoxy) is 1. The van der Waals surface area contributed by atoms with Crippen molar-refractivity contribution in [1.82, 2.24) is 10.2 Å². The third-order valence-electron chi connectivity index (χ3n) is 5.40.